The Morgan fingerprint density at radius 1 is 1.39 bits per heavy atom. The van der Waals surface area contributed by atoms with Crippen molar-refractivity contribution >= 4 is 28.3 Å². The number of carboxylic acid groups (broad SMARTS) is 1. The molecular weight excluding hydrogens is 252 g/mol. The van der Waals surface area contributed by atoms with E-state index >= 15 is 0 Å². The van der Waals surface area contributed by atoms with E-state index in [0.29, 0.717) is 11.0 Å². The molecule has 1 unspecified atom stereocenters. The predicted octanol–water partition coefficient (Wildman–Crippen LogP) is 2.71. The molecule has 0 bridgehead atoms. The number of hydrogen-bond donors (Lipinski definition) is 2. The van der Waals surface area contributed by atoms with Crippen LogP contribution in [0.15, 0.2) is 5.38 Å². The number of nitrogens with zero attached hydrogens (tertiary/aromatic N) is 1. The van der Waals surface area contributed by atoms with Crippen LogP contribution in [0.2, 0.25) is 0 Å². The molecular formula is C12H18N2O3S. The highest BCUT2D eigenvalue weighted by Gasteiger charge is 2.14. The van der Waals surface area contributed by atoms with Gasteiger partial charge in [-0.05, 0) is 11.8 Å². The number of amides is 1. The fraction of sp³-hybridized carbons (Fsp3) is 0.583. The number of aliphatic carboxylic acids is 1. The van der Waals surface area contributed by atoms with E-state index < -0.39 is 5.97 Å². The summed E-state index contributed by atoms with van der Waals surface area (Å²) >= 11 is 1.39. The van der Waals surface area contributed by atoms with Gasteiger partial charge in [-0.15, -0.1) is 11.3 Å². The van der Waals surface area contributed by atoms with Crippen molar-refractivity contribution in [1.82, 2.24) is 4.98 Å². The first kappa shape index (κ1) is 14.6. The number of anilines is 1. The lowest BCUT2D eigenvalue weighted by molar-refractivity contribution is -0.138. The van der Waals surface area contributed by atoms with Gasteiger partial charge in [-0.2, -0.15) is 0 Å². The summed E-state index contributed by atoms with van der Waals surface area (Å²) in [6, 6.07) is 0. The van der Waals surface area contributed by atoms with Crippen molar-refractivity contribution in [2.75, 3.05) is 5.32 Å². The van der Waals surface area contributed by atoms with Crippen molar-refractivity contribution in [1.29, 1.82) is 0 Å². The van der Waals surface area contributed by atoms with Crippen molar-refractivity contribution in [3.05, 3.63) is 11.1 Å². The molecule has 0 saturated carbocycles. The van der Waals surface area contributed by atoms with E-state index in [0.717, 1.165) is 5.69 Å². The Bertz CT molecular complexity index is 429. The maximum absolute atomic E-state index is 11.6. The SMILES string of the molecule is CC(CC(=O)O)CC(=O)Nc1nc(C(C)C)cs1. The molecule has 5 nitrogen and oxygen atoms in total. The maximum atomic E-state index is 11.6. The standard InChI is InChI=1S/C12H18N2O3S/c1-7(2)9-6-18-12(13-9)14-10(15)4-8(3)5-11(16)17/h6-8H,4-5H2,1-3H3,(H,16,17)(H,13,14,15). The van der Waals surface area contributed by atoms with Crippen LogP contribution in [0.5, 0.6) is 0 Å². The molecule has 6 heteroatoms. The molecule has 0 radical (unpaired) electrons. The summed E-state index contributed by atoms with van der Waals surface area (Å²) in [7, 11) is 0. The Hall–Kier alpha value is -1.43. The summed E-state index contributed by atoms with van der Waals surface area (Å²) in [6.45, 7) is 5.82. The molecule has 1 aromatic heterocycles. The molecule has 0 saturated heterocycles. The second-order valence-electron chi connectivity index (χ2n) is 4.69. The molecule has 1 rings (SSSR count). The number of carbonyl (C=O) groups excluding carboxylic acids is 1. The van der Waals surface area contributed by atoms with Crippen LogP contribution in [0.1, 0.15) is 45.2 Å². The Labute approximate surface area is 110 Å². The lowest BCUT2D eigenvalue weighted by atomic mass is 10.0. The first-order valence-corrected chi connectivity index (χ1v) is 6.73. The van der Waals surface area contributed by atoms with Crippen LogP contribution in [0.25, 0.3) is 0 Å². The fourth-order valence-electron chi connectivity index (χ4n) is 1.47. The van der Waals surface area contributed by atoms with Crippen molar-refractivity contribution in [2.24, 2.45) is 5.92 Å². The zero-order valence-electron chi connectivity index (χ0n) is 10.8. The Morgan fingerprint density at radius 3 is 2.56 bits per heavy atom. The summed E-state index contributed by atoms with van der Waals surface area (Å²) in [6.07, 6.45) is 0.200. The molecule has 0 aliphatic heterocycles. The first-order valence-electron chi connectivity index (χ1n) is 5.85. The van der Waals surface area contributed by atoms with Gasteiger partial charge >= 0.3 is 5.97 Å². The summed E-state index contributed by atoms with van der Waals surface area (Å²) in [5.74, 6) is -0.912. The monoisotopic (exact) mass is 270 g/mol. The van der Waals surface area contributed by atoms with Crippen molar-refractivity contribution in [3.63, 3.8) is 0 Å². The molecule has 0 aliphatic carbocycles. The lowest BCUT2D eigenvalue weighted by Gasteiger charge is -2.07. The zero-order valence-corrected chi connectivity index (χ0v) is 11.6. The highest BCUT2D eigenvalue weighted by Crippen LogP contribution is 2.21. The van der Waals surface area contributed by atoms with Crippen molar-refractivity contribution in [3.8, 4) is 0 Å². The van der Waals surface area contributed by atoms with Crippen LogP contribution in [-0.4, -0.2) is 22.0 Å². The molecule has 100 valence electrons. The molecule has 1 aromatic rings. The molecule has 0 aromatic carbocycles. The second kappa shape index (κ2) is 6.49. The van der Waals surface area contributed by atoms with Gasteiger partial charge in [0.05, 0.1) is 5.69 Å². The third-order valence-corrected chi connectivity index (χ3v) is 3.19. The quantitative estimate of drug-likeness (QED) is 0.833. The molecule has 18 heavy (non-hydrogen) atoms. The second-order valence-corrected chi connectivity index (χ2v) is 5.55. The molecule has 1 atom stereocenters. The van der Waals surface area contributed by atoms with Gasteiger partial charge in [0.1, 0.15) is 0 Å². The Kier molecular flexibility index (Phi) is 5.27. The van der Waals surface area contributed by atoms with Gasteiger partial charge in [0.25, 0.3) is 0 Å². The number of thiazole rings is 1. The lowest BCUT2D eigenvalue weighted by Crippen LogP contribution is -2.16. The summed E-state index contributed by atoms with van der Waals surface area (Å²) in [4.78, 5) is 26.4. The molecule has 1 heterocycles. The summed E-state index contributed by atoms with van der Waals surface area (Å²) < 4.78 is 0. The zero-order chi connectivity index (χ0) is 13.7. The van der Waals surface area contributed by atoms with Gasteiger partial charge in [-0.1, -0.05) is 20.8 Å². The molecule has 0 spiro atoms. The van der Waals surface area contributed by atoms with E-state index in [1.165, 1.54) is 11.3 Å². The van der Waals surface area contributed by atoms with Crippen LogP contribution in [0.4, 0.5) is 5.13 Å². The minimum absolute atomic E-state index is 0.00251. The van der Waals surface area contributed by atoms with Crippen LogP contribution >= 0.6 is 11.3 Å². The summed E-state index contributed by atoms with van der Waals surface area (Å²) in [5, 5.41) is 13.8. The van der Waals surface area contributed by atoms with Gasteiger partial charge in [-0.3, -0.25) is 9.59 Å². The number of hydrogen-bond acceptors (Lipinski definition) is 4. The van der Waals surface area contributed by atoms with Crippen molar-refractivity contribution in [2.45, 2.75) is 39.5 Å². The largest absolute Gasteiger partial charge is 0.481 e. The third-order valence-electron chi connectivity index (χ3n) is 2.42. The van der Waals surface area contributed by atoms with Gasteiger partial charge in [0.15, 0.2) is 5.13 Å². The van der Waals surface area contributed by atoms with Crippen LogP contribution in [0, 0.1) is 5.92 Å². The minimum Gasteiger partial charge on any atom is -0.481 e. The van der Waals surface area contributed by atoms with E-state index in [4.69, 9.17) is 5.11 Å². The van der Waals surface area contributed by atoms with Crippen LogP contribution < -0.4 is 5.32 Å². The normalized spacial score (nSPS) is 12.4. The number of carboxylic acids is 1. The molecule has 2 N–H and O–H groups in total. The first-order chi connectivity index (χ1) is 8.38. The number of rotatable bonds is 6. The van der Waals surface area contributed by atoms with Gasteiger partial charge in [0.2, 0.25) is 5.91 Å². The summed E-state index contributed by atoms with van der Waals surface area (Å²) in [5.41, 5.74) is 0.953. The Balaban J connectivity index is 2.46. The fourth-order valence-corrected chi connectivity index (χ4v) is 2.35. The average molecular weight is 270 g/mol. The van der Waals surface area contributed by atoms with E-state index in [1.807, 2.05) is 19.2 Å². The number of carbonyl (C=O) groups is 2. The molecule has 1 amide bonds. The van der Waals surface area contributed by atoms with Crippen LogP contribution in [-0.2, 0) is 9.59 Å². The predicted molar refractivity (Wildman–Crippen MR) is 70.9 cm³/mol. The molecule has 0 aliphatic rings. The van der Waals surface area contributed by atoms with Crippen molar-refractivity contribution < 1.29 is 14.7 Å². The Morgan fingerprint density at radius 2 is 2.06 bits per heavy atom. The highest BCUT2D eigenvalue weighted by atomic mass is 32.1. The maximum Gasteiger partial charge on any atom is 0.303 e. The van der Waals surface area contributed by atoms with Gasteiger partial charge in [0, 0.05) is 18.2 Å². The highest BCUT2D eigenvalue weighted by molar-refractivity contribution is 7.13. The van der Waals surface area contributed by atoms with E-state index in [2.05, 4.69) is 10.3 Å². The van der Waals surface area contributed by atoms with E-state index in [9.17, 15) is 9.59 Å². The molecule has 0 fully saturated rings. The smallest absolute Gasteiger partial charge is 0.303 e. The van der Waals surface area contributed by atoms with E-state index in [1.54, 1.807) is 6.92 Å². The van der Waals surface area contributed by atoms with E-state index in [-0.39, 0.29) is 24.7 Å². The number of aromatic nitrogens is 1. The van der Waals surface area contributed by atoms with Gasteiger partial charge < -0.3 is 10.4 Å². The topological polar surface area (TPSA) is 79.3 Å². The third kappa shape index (κ3) is 4.83. The average Bonchev–Trinajstić information content (AvgIpc) is 2.63. The van der Waals surface area contributed by atoms with Gasteiger partial charge in [-0.25, -0.2) is 4.98 Å². The van der Waals surface area contributed by atoms with Crippen LogP contribution in [0.3, 0.4) is 0 Å². The number of nitrogens with one attached hydrogen (secondary N) is 1. The minimum atomic E-state index is -0.883.